The lowest BCUT2D eigenvalue weighted by atomic mass is 10.1. The van der Waals surface area contributed by atoms with E-state index in [0.29, 0.717) is 12.0 Å². The summed E-state index contributed by atoms with van der Waals surface area (Å²) in [6.45, 7) is 4.08. The van der Waals surface area contributed by atoms with Gasteiger partial charge in [-0.1, -0.05) is 45.6 Å². The molecule has 0 saturated heterocycles. The third-order valence-electron chi connectivity index (χ3n) is 2.35. The lowest BCUT2D eigenvalue weighted by molar-refractivity contribution is -0.132. The zero-order chi connectivity index (χ0) is 10.8. The van der Waals surface area contributed by atoms with Gasteiger partial charge >= 0.3 is 5.97 Å². The monoisotopic (exact) mass is 198 g/mol. The summed E-state index contributed by atoms with van der Waals surface area (Å²) in [7, 11) is 0. The highest BCUT2D eigenvalue weighted by atomic mass is 16.4. The van der Waals surface area contributed by atoms with E-state index in [2.05, 4.69) is 6.92 Å². The first kappa shape index (κ1) is 13.2. The second kappa shape index (κ2) is 8.79. The Kier molecular flexibility index (Phi) is 8.30. The predicted molar refractivity (Wildman–Crippen MR) is 59.4 cm³/mol. The molecule has 0 radical (unpaired) electrons. The van der Waals surface area contributed by atoms with Crippen molar-refractivity contribution in [2.24, 2.45) is 0 Å². The average Bonchev–Trinajstić information content (AvgIpc) is 2.16. The molecule has 0 saturated carbocycles. The molecule has 0 aliphatic heterocycles. The van der Waals surface area contributed by atoms with E-state index in [9.17, 15) is 4.79 Å². The molecule has 0 aromatic heterocycles. The molecule has 0 bridgehead atoms. The van der Waals surface area contributed by atoms with Gasteiger partial charge < -0.3 is 5.11 Å². The van der Waals surface area contributed by atoms with Gasteiger partial charge in [0.2, 0.25) is 0 Å². The third-order valence-corrected chi connectivity index (χ3v) is 2.35. The normalized spacial score (nSPS) is 11.7. The van der Waals surface area contributed by atoms with E-state index in [1.165, 1.54) is 25.7 Å². The fraction of sp³-hybridized carbons (Fsp3) is 0.750. The van der Waals surface area contributed by atoms with Gasteiger partial charge in [0, 0.05) is 5.57 Å². The van der Waals surface area contributed by atoms with Crippen molar-refractivity contribution in [1.29, 1.82) is 0 Å². The molecule has 0 amide bonds. The molecule has 0 unspecified atom stereocenters. The molecular weight excluding hydrogens is 176 g/mol. The van der Waals surface area contributed by atoms with Crippen LogP contribution in [-0.2, 0) is 4.79 Å². The second-order valence-corrected chi connectivity index (χ2v) is 3.59. The number of carboxylic acids is 1. The van der Waals surface area contributed by atoms with E-state index in [1.807, 2.05) is 13.0 Å². The number of rotatable bonds is 8. The zero-order valence-electron chi connectivity index (χ0n) is 9.38. The van der Waals surface area contributed by atoms with Crippen molar-refractivity contribution < 1.29 is 9.90 Å². The molecule has 2 nitrogen and oxygen atoms in total. The van der Waals surface area contributed by atoms with Crippen LogP contribution in [-0.4, -0.2) is 11.1 Å². The van der Waals surface area contributed by atoms with Crippen LogP contribution in [0.5, 0.6) is 0 Å². The first-order valence-electron chi connectivity index (χ1n) is 5.64. The number of allylic oxidation sites excluding steroid dienone is 1. The molecule has 0 atom stereocenters. The van der Waals surface area contributed by atoms with Gasteiger partial charge in [-0.2, -0.15) is 0 Å². The van der Waals surface area contributed by atoms with Crippen LogP contribution in [0.25, 0.3) is 0 Å². The van der Waals surface area contributed by atoms with Gasteiger partial charge in [0.1, 0.15) is 0 Å². The topological polar surface area (TPSA) is 37.3 Å². The highest BCUT2D eigenvalue weighted by molar-refractivity contribution is 5.86. The smallest absolute Gasteiger partial charge is 0.331 e. The summed E-state index contributed by atoms with van der Waals surface area (Å²) in [4.78, 5) is 10.6. The third kappa shape index (κ3) is 6.70. The Bertz CT molecular complexity index is 183. The molecule has 0 spiro atoms. The summed E-state index contributed by atoms with van der Waals surface area (Å²) in [5, 5.41) is 8.75. The summed E-state index contributed by atoms with van der Waals surface area (Å²) in [5.74, 6) is -0.763. The zero-order valence-corrected chi connectivity index (χ0v) is 9.38. The maximum Gasteiger partial charge on any atom is 0.331 e. The van der Waals surface area contributed by atoms with E-state index in [0.717, 1.165) is 12.8 Å². The van der Waals surface area contributed by atoms with Gasteiger partial charge in [-0.05, 0) is 19.3 Å². The van der Waals surface area contributed by atoms with Gasteiger partial charge in [-0.25, -0.2) is 4.79 Å². The van der Waals surface area contributed by atoms with E-state index in [1.54, 1.807) is 0 Å². The molecule has 0 aliphatic rings. The highest BCUT2D eigenvalue weighted by Crippen LogP contribution is 2.08. The number of hydrogen-bond acceptors (Lipinski definition) is 1. The number of aliphatic carboxylic acids is 1. The van der Waals surface area contributed by atoms with Crippen LogP contribution < -0.4 is 0 Å². The quantitative estimate of drug-likeness (QED) is 0.476. The maximum atomic E-state index is 10.6. The van der Waals surface area contributed by atoms with Crippen LogP contribution in [0.4, 0.5) is 0 Å². The minimum Gasteiger partial charge on any atom is -0.478 e. The predicted octanol–water partition coefficient (Wildman–Crippen LogP) is 3.77. The minimum atomic E-state index is -0.763. The Morgan fingerprint density at radius 3 is 2.29 bits per heavy atom. The van der Waals surface area contributed by atoms with Crippen molar-refractivity contribution >= 4 is 5.97 Å². The van der Waals surface area contributed by atoms with Crippen molar-refractivity contribution in [2.45, 2.75) is 58.8 Å². The SMILES string of the molecule is CCCCCCCC=C(CC)C(=O)O. The van der Waals surface area contributed by atoms with Gasteiger partial charge in [-0.3, -0.25) is 0 Å². The van der Waals surface area contributed by atoms with Crippen LogP contribution in [0.2, 0.25) is 0 Å². The Morgan fingerprint density at radius 2 is 1.79 bits per heavy atom. The van der Waals surface area contributed by atoms with Gasteiger partial charge in [0.05, 0.1) is 0 Å². The molecule has 14 heavy (non-hydrogen) atoms. The van der Waals surface area contributed by atoms with Crippen LogP contribution >= 0.6 is 0 Å². The van der Waals surface area contributed by atoms with Crippen molar-refractivity contribution in [3.05, 3.63) is 11.6 Å². The van der Waals surface area contributed by atoms with E-state index >= 15 is 0 Å². The maximum absolute atomic E-state index is 10.6. The van der Waals surface area contributed by atoms with Crippen LogP contribution in [0.15, 0.2) is 11.6 Å². The summed E-state index contributed by atoms with van der Waals surface area (Å²) in [6, 6.07) is 0. The molecule has 82 valence electrons. The van der Waals surface area contributed by atoms with Crippen molar-refractivity contribution in [1.82, 2.24) is 0 Å². The molecule has 0 aromatic rings. The Morgan fingerprint density at radius 1 is 1.14 bits per heavy atom. The fourth-order valence-electron chi connectivity index (χ4n) is 1.41. The van der Waals surface area contributed by atoms with Crippen LogP contribution in [0.1, 0.15) is 58.8 Å². The number of unbranched alkanes of at least 4 members (excludes halogenated alkanes) is 5. The summed E-state index contributed by atoms with van der Waals surface area (Å²) >= 11 is 0. The van der Waals surface area contributed by atoms with E-state index < -0.39 is 5.97 Å². The number of carbonyl (C=O) groups is 1. The van der Waals surface area contributed by atoms with Crippen LogP contribution in [0, 0.1) is 0 Å². The largest absolute Gasteiger partial charge is 0.478 e. The molecule has 2 heteroatoms. The van der Waals surface area contributed by atoms with Gasteiger partial charge in [-0.15, -0.1) is 0 Å². The molecule has 1 N–H and O–H groups in total. The van der Waals surface area contributed by atoms with Crippen molar-refractivity contribution in [2.75, 3.05) is 0 Å². The first-order chi connectivity index (χ1) is 6.72. The summed E-state index contributed by atoms with van der Waals surface area (Å²) in [6.07, 6.45) is 9.59. The van der Waals surface area contributed by atoms with E-state index in [-0.39, 0.29) is 0 Å². The average molecular weight is 198 g/mol. The Hall–Kier alpha value is -0.790. The van der Waals surface area contributed by atoms with Gasteiger partial charge in [0.25, 0.3) is 0 Å². The van der Waals surface area contributed by atoms with Crippen LogP contribution in [0.3, 0.4) is 0 Å². The summed E-state index contributed by atoms with van der Waals surface area (Å²) in [5.41, 5.74) is 0.556. The molecule has 0 heterocycles. The van der Waals surface area contributed by atoms with Crippen molar-refractivity contribution in [3.8, 4) is 0 Å². The molecule has 0 aromatic carbocycles. The van der Waals surface area contributed by atoms with Gasteiger partial charge in [0.15, 0.2) is 0 Å². The van der Waals surface area contributed by atoms with Crippen molar-refractivity contribution in [3.63, 3.8) is 0 Å². The molecule has 0 fully saturated rings. The number of hydrogen-bond donors (Lipinski definition) is 1. The minimum absolute atomic E-state index is 0.556. The standard InChI is InChI=1S/C12H22O2/c1-3-5-6-7-8-9-10-11(4-2)12(13)14/h10H,3-9H2,1-2H3,(H,13,14). The first-order valence-corrected chi connectivity index (χ1v) is 5.64. The van der Waals surface area contributed by atoms with E-state index in [4.69, 9.17) is 5.11 Å². The Balaban J connectivity index is 3.53. The lowest BCUT2D eigenvalue weighted by Gasteiger charge is -1.99. The molecule has 0 aliphatic carbocycles. The molecule has 0 rings (SSSR count). The fourth-order valence-corrected chi connectivity index (χ4v) is 1.41. The summed E-state index contributed by atoms with van der Waals surface area (Å²) < 4.78 is 0. The highest BCUT2D eigenvalue weighted by Gasteiger charge is 2.02. The molecular formula is C12H22O2. The second-order valence-electron chi connectivity index (χ2n) is 3.59. The Labute approximate surface area is 87.0 Å². The number of carboxylic acid groups (broad SMARTS) is 1. The lowest BCUT2D eigenvalue weighted by Crippen LogP contribution is -1.98.